The summed E-state index contributed by atoms with van der Waals surface area (Å²) in [5, 5.41) is 0. The zero-order valence-electron chi connectivity index (χ0n) is 22.2. The van der Waals surface area contributed by atoms with E-state index in [1.807, 2.05) is 19.1 Å². The number of unbranched alkanes of at least 4 members (excludes halogenated alkanes) is 2. The van der Waals surface area contributed by atoms with Crippen LogP contribution in [0.5, 0.6) is 0 Å². The summed E-state index contributed by atoms with van der Waals surface area (Å²) in [5.74, 6) is 1.93. The van der Waals surface area contributed by atoms with Crippen LogP contribution in [-0.2, 0) is 30.6 Å². The van der Waals surface area contributed by atoms with Gasteiger partial charge in [0.15, 0.2) is 0 Å². The fourth-order valence-electron chi connectivity index (χ4n) is 5.40. The van der Waals surface area contributed by atoms with Crippen molar-refractivity contribution in [3.05, 3.63) is 95.6 Å². The quantitative estimate of drug-likeness (QED) is 0.175. The molecule has 1 fully saturated rings. The van der Waals surface area contributed by atoms with Gasteiger partial charge in [-0.05, 0) is 92.4 Å². The van der Waals surface area contributed by atoms with Crippen LogP contribution in [-0.4, -0.2) is 6.61 Å². The van der Waals surface area contributed by atoms with E-state index in [-0.39, 0.29) is 0 Å². The minimum atomic E-state index is 0.692. The van der Waals surface area contributed by atoms with E-state index < -0.39 is 0 Å². The van der Waals surface area contributed by atoms with E-state index in [9.17, 15) is 0 Å². The fourth-order valence-corrected chi connectivity index (χ4v) is 5.40. The van der Waals surface area contributed by atoms with Crippen LogP contribution in [0.4, 0.5) is 0 Å². The van der Waals surface area contributed by atoms with E-state index in [0.29, 0.717) is 13.2 Å². The van der Waals surface area contributed by atoms with E-state index in [0.717, 1.165) is 18.3 Å². The first-order valence-electron chi connectivity index (χ1n) is 14.2. The molecule has 0 saturated heterocycles. The maximum absolute atomic E-state index is 5.63. The summed E-state index contributed by atoms with van der Waals surface area (Å²) in [4.78, 5) is 0. The lowest BCUT2D eigenvalue weighted by Gasteiger charge is -2.28. The Bertz CT molecular complexity index is 837. The summed E-state index contributed by atoms with van der Waals surface area (Å²) >= 11 is 0. The zero-order chi connectivity index (χ0) is 24.6. The molecule has 2 aromatic carbocycles. The number of ether oxygens (including phenoxy) is 1. The molecule has 0 unspecified atom stereocenters. The Kier molecular flexibility index (Phi) is 13.0. The highest BCUT2D eigenvalue weighted by Crippen LogP contribution is 2.34. The normalized spacial score (nSPS) is 18.2. The molecule has 1 heteroatoms. The van der Waals surface area contributed by atoms with E-state index in [1.54, 1.807) is 0 Å². The second-order valence-corrected chi connectivity index (χ2v) is 10.6. The van der Waals surface area contributed by atoms with Gasteiger partial charge in [0.1, 0.15) is 0 Å². The van der Waals surface area contributed by atoms with Gasteiger partial charge in [-0.3, -0.25) is 0 Å². The van der Waals surface area contributed by atoms with Gasteiger partial charge < -0.3 is 4.74 Å². The predicted molar refractivity (Wildman–Crippen MR) is 152 cm³/mol. The highest BCUT2D eigenvalue weighted by atomic mass is 16.5. The van der Waals surface area contributed by atoms with E-state index in [4.69, 9.17) is 4.74 Å². The van der Waals surface area contributed by atoms with Crippen molar-refractivity contribution < 1.29 is 4.74 Å². The molecule has 1 aliphatic carbocycles. The van der Waals surface area contributed by atoms with Crippen LogP contribution in [0.3, 0.4) is 0 Å². The molecule has 3 rings (SSSR count). The van der Waals surface area contributed by atoms with Gasteiger partial charge in [-0.15, -0.1) is 6.58 Å². The standard InChI is InChI=1S/C34H48O/c1-3-5-7-10-29-13-17-32(18-14-29)21-22-33-19-15-30(16-20-33)11-8-9-12-31-23-25-34(26-24-31)28-35-27-6-4-2/h3-4,6,15-16,19-20,23-26,29,32H,1,5,7-14,17-18,21-22,27-28H2,2H3. The van der Waals surface area contributed by atoms with Gasteiger partial charge >= 0.3 is 0 Å². The Morgan fingerprint density at radius 2 is 1.23 bits per heavy atom. The number of aryl methyl sites for hydroxylation is 3. The minimum absolute atomic E-state index is 0.692. The van der Waals surface area contributed by atoms with Crippen LogP contribution in [0.15, 0.2) is 73.3 Å². The molecule has 0 heterocycles. The molecule has 0 spiro atoms. The van der Waals surface area contributed by atoms with Crippen molar-refractivity contribution in [2.24, 2.45) is 11.8 Å². The molecule has 35 heavy (non-hydrogen) atoms. The molecule has 0 aliphatic heterocycles. The molecule has 1 nitrogen and oxygen atoms in total. The minimum Gasteiger partial charge on any atom is -0.373 e. The summed E-state index contributed by atoms with van der Waals surface area (Å²) in [6.07, 6.45) is 23.4. The van der Waals surface area contributed by atoms with Crippen LogP contribution < -0.4 is 0 Å². The molecule has 0 radical (unpaired) electrons. The molecular formula is C34H48O. The molecule has 0 atom stereocenters. The monoisotopic (exact) mass is 472 g/mol. The molecule has 0 aromatic heterocycles. The van der Waals surface area contributed by atoms with Crippen molar-refractivity contribution in [2.45, 2.75) is 97.0 Å². The summed E-state index contributed by atoms with van der Waals surface area (Å²) in [5.41, 5.74) is 5.70. The molecule has 190 valence electrons. The lowest BCUT2D eigenvalue weighted by atomic mass is 9.78. The Morgan fingerprint density at radius 1 is 0.714 bits per heavy atom. The van der Waals surface area contributed by atoms with Gasteiger partial charge in [0.25, 0.3) is 0 Å². The lowest BCUT2D eigenvalue weighted by molar-refractivity contribution is 0.148. The second kappa shape index (κ2) is 16.5. The van der Waals surface area contributed by atoms with Crippen molar-refractivity contribution in [3.8, 4) is 0 Å². The molecule has 1 aliphatic rings. The van der Waals surface area contributed by atoms with Crippen molar-refractivity contribution in [1.82, 2.24) is 0 Å². The van der Waals surface area contributed by atoms with Crippen molar-refractivity contribution in [3.63, 3.8) is 0 Å². The smallest absolute Gasteiger partial charge is 0.0721 e. The number of benzene rings is 2. The third kappa shape index (κ3) is 11.0. The van der Waals surface area contributed by atoms with E-state index in [1.165, 1.54) is 99.3 Å². The van der Waals surface area contributed by atoms with E-state index >= 15 is 0 Å². The average Bonchev–Trinajstić information content (AvgIpc) is 2.90. The van der Waals surface area contributed by atoms with Gasteiger partial charge in [-0.1, -0.05) is 98.9 Å². The largest absolute Gasteiger partial charge is 0.373 e. The van der Waals surface area contributed by atoms with Crippen LogP contribution in [0.1, 0.15) is 93.4 Å². The zero-order valence-corrected chi connectivity index (χ0v) is 22.2. The maximum atomic E-state index is 5.63. The van der Waals surface area contributed by atoms with Gasteiger partial charge in [0.2, 0.25) is 0 Å². The Hall–Kier alpha value is -2.12. The first kappa shape index (κ1) is 27.5. The predicted octanol–water partition coefficient (Wildman–Crippen LogP) is 9.44. The molecule has 0 N–H and O–H groups in total. The van der Waals surface area contributed by atoms with Crippen molar-refractivity contribution >= 4 is 0 Å². The third-order valence-corrected chi connectivity index (χ3v) is 7.77. The number of rotatable bonds is 16. The van der Waals surface area contributed by atoms with Crippen LogP contribution >= 0.6 is 0 Å². The maximum Gasteiger partial charge on any atom is 0.0721 e. The number of hydrogen-bond acceptors (Lipinski definition) is 1. The van der Waals surface area contributed by atoms with Gasteiger partial charge in [0.05, 0.1) is 13.2 Å². The Balaban J connectivity index is 1.26. The van der Waals surface area contributed by atoms with Crippen LogP contribution in [0, 0.1) is 11.8 Å². The number of hydrogen-bond donors (Lipinski definition) is 0. The Labute approximate surface area is 215 Å². The first-order valence-corrected chi connectivity index (χ1v) is 14.2. The molecular weight excluding hydrogens is 424 g/mol. The molecule has 2 aromatic rings. The second-order valence-electron chi connectivity index (χ2n) is 10.6. The molecule has 0 amide bonds. The van der Waals surface area contributed by atoms with Gasteiger partial charge in [-0.2, -0.15) is 0 Å². The summed E-state index contributed by atoms with van der Waals surface area (Å²) in [6, 6.07) is 18.4. The highest BCUT2D eigenvalue weighted by Gasteiger charge is 2.20. The SMILES string of the molecule is C=CCCCC1CCC(CCc2ccc(CCCCc3ccc(COCC=CC)cc3)cc2)CC1. The summed E-state index contributed by atoms with van der Waals surface area (Å²) in [6.45, 7) is 7.26. The summed E-state index contributed by atoms with van der Waals surface area (Å²) in [7, 11) is 0. The van der Waals surface area contributed by atoms with Gasteiger partial charge in [-0.25, -0.2) is 0 Å². The average molecular weight is 473 g/mol. The third-order valence-electron chi connectivity index (χ3n) is 7.77. The molecule has 1 saturated carbocycles. The molecule has 0 bridgehead atoms. The van der Waals surface area contributed by atoms with E-state index in [2.05, 4.69) is 61.2 Å². The first-order chi connectivity index (χ1) is 17.3. The van der Waals surface area contributed by atoms with Crippen LogP contribution in [0.2, 0.25) is 0 Å². The fraction of sp³-hybridized carbons (Fsp3) is 0.529. The lowest BCUT2D eigenvalue weighted by Crippen LogP contribution is -2.15. The van der Waals surface area contributed by atoms with Gasteiger partial charge in [0, 0.05) is 0 Å². The Morgan fingerprint density at radius 3 is 1.77 bits per heavy atom. The van der Waals surface area contributed by atoms with Crippen molar-refractivity contribution in [2.75, 3.05) is 6.61 Å². The summed E-state index contributed by atoms with van der Waals surface area (Å²) < 4.78 is 5.63. The number of allylic oxidation sites excluding steroid dienone is 2. The van der Waals surface area contributed by atoms with Crippen LogP contribution in [0.25, 0.3) is 0 Å². The van der Waals surface area contributed by atoms with Crippen molar-refractivity contribution in [1.29, 1.82) is 0 Å². The highest BCUT2D eigenvalue weighted by molar-refractivity contribution is 5.24. The topological polar surface area (TPSA) is 9.23 Å².